The lowest BCUT2D eigenvalue weighted by Gasteiger charge is -2.09. The van der Waals surface area contributed by atoms with Crippen molar-refractivity contribution in [3.8, 4) is 11.1 Å². The Morgan fingerprint density at radius 1 is 1.07 bits per heavy atom. The predicted molar refractivity (Wildman–Crippen MR) is 96.5 cm³/mol. The molecule has 4 aromatic rings. The normalized spacial score (nSPS) is 11.9. The molecule has 0 spiro atoms. The van der Waals surface area contributed by atoms with Crippen molar-refractivity contribution < 1.29 is 13.2 Å². The quantitative estimate of drug-likeness (QED) is 0.543. The first kappa shape index (κ1) is 17.9. The van der Waals surface area contributed by atoms with E-state index in [1.165, 1.54) is 27.6 Å². The Hall–Kier alpha value is -3.49. The molecule has 3 heterocycles. The number of fused-ring (bicyclic) bond motifs is 1. The first-order chi connectivity index (χ1) is 13.3. The topological polar surface area (TPSA) is 65.6 Å². The molecule has 0 aliphatic heterocycles. The molecule has 0 aliphatic rings. The molecule has 0 atom stereocenters. The first-order valence-electron chi connectivity index (χ1n) is 8.34. The lowest BCUT2D eigenvalue weighted by Crippen LogP contribution is -2.23. The van der Waals surface area contributed by atoms with Crippen molar-refractivity contribution in [1.82, 2.24) is 24.3 Å². The molecule has 0 unspecified atom stereocenters. The summed E-state index contributed by atoms with van der Waals surface area (Å²) in [5, 5.41) is 7.79. The van der Waals surface area contributed by atoms with Crippen LogP contribution in [0.3, 0.4) is 0 Å². The highest BCUT2D eigenvalue weighted by atomic mass is 19.4. The van der Waals surface area contributed by atoms with E-state index in [1.54, 1.807) is 31.3 Å². The number of aromatic nitrogens is 5. The van der Waals surface area contributed by atoms with Crippen molar-refractivity contribution in [1.29, 1.82) is 0 Å². The van der Waals surface area contributed by atoms with Crippen LogP contribution in [-0.2, 0) is 19.8 Å². The van der Waals surface area contributed by atoms with Crippen LogP contribution in [0.25, 0.3) is 22.3 Å². The number of hydrogen-bond donors (Lipinski definition) is 0. The Labute approximate surface area is 156 Å². The maximum absolute atomic E-state index is 13.0. The van der Waals surface area contributed by atoms with E-state index < -0.39 is 11.7 Å². The second kappa shape index (κ2) is 6.59. The smallest absolute Gasteiger partial charge is 0.284 e. The van der Waals surface area contributed by atoms with Gasteiger partial charge in [-0.3, -0.25) is 9.13 Å². The van der Waals surface area contributed by atoms with Crippen molar-refractivity contribution in [2.24, 2.45) is 7.05 Å². The molecule has 6 nitrogen and oxygen atoms in total. The minimum atomic E-state index is -4.44. The van der Waals surface area contributed by atoms with Crippen molar-refractivity contribution in [3.05, 3.63) is 76.6 Å². The van der Waals surface area contributed by atoms with E-state index in [-0.39, 0.29) is 12.2 Å². The summed E-state index contributed by atoms with van der Waals surface area (Å²) in [5.41, 5.74) is 1.34. The molecule has 0 fully saturated rings. The van der Waals surface area contributed by atoms with Gasteiger partial charge in [0.25, 0.3) is 0 Å². The first-order valence-corrected chi connectivity index (χ1v) is 8.34. The van der Waals surface area contributed by atoms with Crippen LogP contribution in [0.4, 0.5) is 13.2 Å². The number of imidazole rings is 1. The van der Waals surface area contributed by atoms with Gasteiger partial charge in [0.15, 0.2) is 5.65 Å². The molecule has 1 aromatic carbocycles. The van der Waals surface area contributed by atoms with Gasteiger partial charge in [-0.1, -0.05) is 12.1 Å². The van der Waals surface area contributed by atoms with E-state index in [1.807, 2.05) is 0 Å². The Kier molecular flexibility index (Phi) is 4.21. The highest BCUT2D eigenvalue weighted by Crippen LogP contribution is 2.32. The van der Waals surface area contributed by atoms with Crippen LogP contribution in [0.2, 0.25) is 0 Å². The number of alkyl halides is 3. The molecule has 4 rings (SSSR count). The van der Waals surface area contributed by atoms with E-state index in [0.29, 0.717) is 28.0 Å². The molecule has 0 saturated heterocycles. The summed E-state index contributed by atoms with van der Waals surface area (Å²) in [7, 11) is 1.59. The molecular weight excluding hydrogens is 371 g/mol. The molecule has 0 amide bonds. The summed E-state index contributed by atoms with van der Waals surface area (Å²) in [5.74, 6) is 0. The molecule has 142 valence electrons. The summed E-state index contributed by atoms with van der Waals surface area (Å²) in [6, 6.07) is 10.1. The summed E-state index contributed by atoms with van der Waals surface area (Å²) >= 11 is 0. The average molecular weight is 385 g/mol. The van der Waals surface area contributed by atoms with Crippen molar-refractivity contribution in [2.75, 3.05) is 0 Å². The number of rotatable bonds is 3. The van der Waals surface area contributed by atoms with Gasteiger partial charge in [0.05, 0.1) is 23.3 Å². The van der Waals surface area contributed by atoms with Crippen LogP contribution < -0.4 is 5.69 Å². The average Bonchev–Trinajstić information content (AvgIpc) is 2.93. The standard InChI is InChI=1S/C19H14F3N5O/c1-26-17-16(27(18(26)28)11-15-6-3-7-24-25-15)9-13(10-23-17)12-4-2-5-14(8-12)19(20,21)22/h2-10H,11H2,1H3. The molecule has 0 bridgehead atoms. The van der Waals surface area contributed by atoms with Crippen LogP contribution >= 0.6 is 0 Å². The molecule has 28 heavy (non-hydrogen) atoms. The fourth-order valence-corrected chi connectivity index (χ4v) is 3.04. The third-order valence-corrected chi connectivity index (χ3v) is 4.44. The number of halogens is 3. The molecule has 3 aromatic heterocycles. The van der Waals surface area contributed by atoms with Gasteiger partial charge >= 0.3 is 11.9 Å². The van der Waals surface area contributed by atoms with Crippen LogP contribution in [-0.4, -0.2) is 24.3 Å². The van der Waals surface area contributed by atoms with E-state index in [4.69, 9.17) is 0 Å². The van der Waals surface area contributed by atoms with Crippen LogP contribution in [0, 0.1) is 0 Å². The zero-order chi connectivity index (χ0) is 19.9. The summed E-state index contributed by atoms with van der Waals surface area (Å²) in [4.78, 5) is 16.9. The molecule has 0 N–H and O–H groups in total. The van der Waals surface area contributed by atoms with Crippen molar-refractivity contribution in [2.45, 2.75) is 12.7 Å². The second-order valence-electron chi connectivity index (χ2n) is 6.29. The Morgan fingerprint density at radius 3 is 2.61 bits per heavy atom. The van der Waals surface area contributed by atoms with Gasteiger partial charge in [0, 0.05) is 25.0 Å². The van der Waals surface area contributed by atoms with Gasteiger partial charge in [-0.15, -0.1) is 0 Å². The maximum Gasteiger partial charge on any atom is 0.416 e. The largest absolute Gasteiger partial charge is 0.416 e. The Balaban J connectivity index is 1.85. The SMILES string of the molecule is Cn1c(=O)n(Cc2cccnn2)c2cc(-c3cccc(C(F)(F)F)c3)cnc21. The summed E-state index contributed by atoms with van der Waals surface area (Å²) in [6.45, 7) is 0.178. The Morgan fingerprint density at radius 2 is 1.89 bits per heavy atom. The van der Waals surface area contributed by atoms with Gasteiger partial charge in [-0.05, 0) is 35.9 Å². The van der Waals surface area contributed by atoms with Gasteiger partial charge in [-0.25, -0.2) is 9.78 Å². The third kappa shape index (κ3) is 3.15. The Bertz CT molecular complexity index is 1210. The number of pyridine rings is 1. The highest BCUT2D eigenvalue weighted by molar-refractivity contribution is 5.79. The summed E-state index contributed by atoms with van der Waals surface area (Å²) < 4.78 is 41.9. The van der Waals surface area contributed by atoms with E-state index in [0.717, 1.165) is 12.1 Å². The molecule has 9 heteroatoms. The van der Waals surface area contributed by atoms with E-state index >= 15 is 0 Å². The fourth-order valence-electron chi connectivity index (χ4n) is 3.04. The minimum absolute atomic E-state index is 0.178. The second-order valence-corrected chi connectivity index (χ2v) is 6.29. The minimum Gasteiger partial charge on any atom is -0.284 e. The zero-order valence-electron chi connectivity index (χ0n) is 14.7. The molecule has 0 radical (unpaired) electrons. The van der Waals surface area contributed by atoms with Gasteiger partial charge in [0.2, 0.25) is 0 Å². The maximum atomic E-state index is 13.0. The van der Waals surface area contributed by atoms with Gasteiger partial charge < -0.3 is 0 Å². The number of benzene rings is 1. The van der Waals surface area contributed by atoms with Crippen molar-refractivity contribution >= 4 is 11.2 Å². The lowest BCUT2D eigenvalue weighted by molar-refractivity contribution is -0.137. The predicted octanol–water partition coefficient (Wildman–Crippen LogP) is 3.26. The van der Waals surface area contributed by atoms with Gasteiger partial charge in [0.1, 0.15) is 0 Å². The van der Waals surface area contributed by atoms with E-state index in [9.17, 15) is 18.0 Å². The van der Waals surface area contributed by atoms with Crippen LogP contribution in [0.5, 0.6) is 0 Å². The monoisotopic (exact) mass is 385 g/mol. The van der Waals surface area contributed by atoms with Gasteiger partial charge in [-0.2, -0.15) is 23.4 Å². The molecular formula is C19H14F3N5O. The highest BCUT2D eigenvalue weighted by Gasteiger charge is 2.30. The zero-order valence-corrected chi connectivity index (χ0v) is 14.7. The number of nitrogens with zero attached hydrogens (tertiary/aromatic N) is 5. The third-order valence-electron chi connectivity index (χ3n) is 4.44. The van der Waals surface area contributed by atoms with Crippen LogP contribution in [0.1, 0.15) is 11.3 Å². The summed E-state index contributed by atoms with van der Waals surface area (Å²) in [6.07, 6.45) is -1.44. The van der Waals surface area contributed by atoms with E-state index in [2.05, 4.69) is 15.2 Å². The fraction of sp³-hybridized carbons (Fsp3) is 0.158. The number of aryl methyl sites for hydroxylation is 1. The lowest BCUT2D eigenvalue weighted by atomic mass is 10.0. The number of hydrogen-bond acceptors (Lipinski definition) is 4. The van der Waals surface area contributed by atoms with Crippen molar-refractivity contribution in [3.63, 3.8) is 0 Å². The molecule has 0 saturated carbocycles. The van der Waals surface area contributed by atoms with Crippen LogP contribution in [0.15, 0.2) is 59.7 Å². The molecule has 0 aliphatic carbocycles.